The molecule has 2 nitrogen and oxygen atoms in total. The minimum atomic E-state index is -0.168. The molecule has 0 aromatic carbocycles. The van der Waals surface area contributed by atoms with Gasteiger partial charge in [0.25, 0.3) is 0 Å². The minimum Gasteiger partial charge on any atom is -0.403 e. The van der Waals surface area contributed by atoms with Gasteiger partial charge in [0.15, 0.2) is 0 Å². The van der Waals surface area contributed by atoms with Crippen LogP contribution in [-0.2, 0) is 9.31 Å². The molecule has 0 unspecified atom stereocenters. The van der Waals surface area contributed by atoms with Crippen molar-refractivity contribution in [1.82, 2.24) is 0 Å². The fourth-order valence-electron chi connectivity index (χ4n) is 2.35. The molecule has 1 heterocycles. The standard InChI is InChI=1S/C15H31BO2/c1-6-7-8-9-10-11-12-13-16-17-14(2,3)15(4,5)18-16/h6-13H2,1-5H3. The summed E-state index contributed by atoms with van der Waals surface area (Å²) >= 11 is 0. The van der Waals surface area contributed by atoms with E-state index in [4.69, 9.17) is 9.31 Å². The van der Waals surface area contributed by atoms with Crippen molar-refractivity contribution in [2.75, 3.05) is 0 Å². The average Bonchev–Trinajstić information content (AvgIpc) is 2.46. The highest BCUT2D eigenvalue weighted by Gasteiger charge is 2.50. The van der Waals surface area contributed by atoms with Crippen molar-refractivity contribution in [3.05, 3.63) is 0 Å². The Hall–Kier alpha value is -0.0151. The molecular formula is C15H31BO2. The molecule has 3 heteroatoms. The normalized spacial score (nSPS) is 21.5. The van der Waals surface area contributed by atoms with Crippen LogP contribution in [-0.4, -0.2) is 18.3 Å². The van der Waals surface area contributed by atoms with E-state index in [-0.39, 0.29) is 18.3 Å². The first-order chi connectivity index (χ1) is 8.39. The van der Waals surface area contributed by atoms with Crippen LogP contribution in [0.5, 0.6) is 0 Å². The SMILES string of the molecule is CCCCCCCCCB1OC(C)(C)C(C)(C)O1. The minimum absolute atomic E-state index is 0.00522. The molecule has 1 rings (SSSR count). The topological polar surface area (TPSA) is 18.5 Å². The second-order valence-corrected chi connectivity index (χ2v) is 6.60. The van der Waals surface area contributed by atoms with Crippen molar-refractivity contribution in [2.45, 2.75) is 97.1 Å². The van der Waals surface area contributed by atoms with Gasteiger partial charge in [0, 0.05) is 0 Å². The zero-order chi connectivity index (χ0) is 13.6. The molecule has 0 aliphatic carbocycles. The van der Waals surface area contributed by atoms with Gasteiger partial charge in [-0.1, -0.05) is 51.9 Å². The van der Waals surface area contributed by atoms with Gasteiger partial charge < -0.3 is 9.31 Å². The monoisotopic (exact) mass is 254 g/mol. The number of rotatable bonds is 8. The summed E-state index contributed by atoms with van der Waals surface area (Å²) in [5.74, 6) is 0. The third-order valence-electron chi connectivity index (χ3n) is 4.35. The number of hydrogen-bond donors (Lipinski definition) is 0. The second kappa shape index (κ2) is 6.95. The fourth-order valence-corrected chi connectivity index (χ4v) is 2.35. The lowest BCUT2D eigenvalue weighted by molar-refractivity contribution is 0.00578. The summed E-state index contributed by atoms with van der Waals surface area (Å²) < 4.78 is 12.0. The molecule has 0 atom stereocenters. The van der Waals surface area contributed by atoms with E-state index in [0.29, 0.717) is 0 Å². The Labute approximate surface area is 114 Å². The molecule has 0 saturated carbocycles. The zero-order valence-corrected chi connectivity index (χ0v) is 13.1. The third-order valence-corrected chi connectivity index (χ3v) is 4.35. The Morgan fingerprint density at radius 1 is 0.722 bits per heavy atom. The van der Waals surface area contributed by atoms with Crippen LogP contribution in [0.15, 0.2) is 0 Å². The quantitative estimate of drug-likeness (QED) is 0.456. The van der Waals surface area contributed by atoms with Crippen molar-refractivity contribution in [2.24, 2.45) is 0 Å². The van der Waals surface area contributed by atoms with Crippen LogP contribution in [0.2, 0.25) is 6.32 Å². The van der Waals surface area contributed by atoms with E-state index >= 15 is 0 Å². The Morgan fingerprint density at radius 3 is 1.67 bits per heavy atom. The van der Waals surface area contributed by atoms with Crippen LogP contribution < -0.4 is 0 Å². The Balaban J connectivity index is 2.08. The molecule has 1 saturated heterocycles. The highest BCUT2D eigenvalue weighted by Crippen LogP contribution is 2.38. The van der Waals surface area contributed by atoms with Gasteiger partial charge in [0.2, 0.25) is 0 Å². The summed E-state index contributed by atoms with van der Waals surface area (Å²) in [7, 11) is 0.00522. The molecule has 0 aromatic rings. The Bertz CT molecular complexity index is 223. The molecule has 1 aliphatic heterocycles. The van der Waals surface area contributed by atoms with Gasteiger partial charge in [0.1, 0.15) is 0 Å². The maximum Gasteiger partial charge on any atom is 0.457 e. The molecule has 106 valence electrons. The number of hydrogen-bond acceptors (Lipinski definition) is 2. The van der Waals surface area contributed by atoms with Crippen LogP contribution in [0.25, 0.3) is 0 Å². The maximum absolute atomic E-state index is 5.99. The molecule has 0 spiro atoms. The van der Waals surface area contributed by atoms with Gasteiger partial charge in [-0.05, 0) is 34.0 Å². The van der Waals surface area contributed by atoms with Gasteiger partial charge in [0.05, 0.1) is 11.2 Å². The molecule has 0 amide bonds. The van der Waals surface area contributed by atoms with Crippen LogP contribution in [0.1, 0.15) is 79.6 Å². The van der Waals surface area contributed by atoms with Crippen molar-refractivity contribution in [1.29, 1.82) is 0 Å². The van der Waals surface area contributed by atoms with Gasteiger partial charge in [-0.2, -0.15) is 0 Å². The third kappa shape index (κ3) is 4.58. The second-order valence-electron chi connectivity index (χ2n) is 6.60. The summed E-state index contributed by atoms with van der Waals surface area (Å²) in [5.41, 5.74) is -0.336. The summed E-state index contributed by atoms with van der Waals surface area (Å²) in [4.78, 5) is 0. The zero-order valence-electron chi connectivity index (χ0n) is 13.1. The largest absolute Gasteiger partial charge is 0.457 e. The lowest BCUT2D eigenvalue weighted by Gasteiger charge is -2.32. The first-order valence-electron chi connectivity index (χ1n) is 7.75. The first-order valence-corrected chi connectivity index (χ1v) is 7.75. The summed E-state index contributed by atoms with van der Waals surface area (Å²) in [5, 5.41) is 0. The molecular weight excluding hydrogens is 223 g/mol. The van der Waals surface area contributed by atoms with Gasteiger partial charge in [-0.3, -0.25) is 0 Å². The van der Waals surface area contributed by atoms with E-state index in [0.717, 1.165) is 6.32 Å². The maximum atomic E-state index is 5.99. The number of unbranched alkanes of at least 4 members (excludes halogenated alkanes) is 6. The van der Waals surface area contributed by atoms with Gasteiger partial charge in [-0.15, -0.1) is 0 Å². The summed E-state index contributed by atoms with van der Waals surface area (Å²) in [6.07, 6.45) is 10.4. The Morgan fingerprint density at radius 2 is 1.17 bits per heavy atom. The van der Waals surface area contributed by atoms with Crippen molar-refractivity contribution >= 4 is 7.12 Å². The predicted molar refractivity (Wildman–Crippen MR) is 78.9 cm³/mol. The lowest BCUT2D eigenvalue weighted by atomic mass is 9.82. The molecule has 0 aromatic heterocycles. The molecule has 0 bridgehead atoms. The molecule has 1 fully saturated rings. The smallest absolute Gasteiger partial charge is 0.403 e. The van der Waals surface area contributed by atoms with Gasteiger partial charge in [-0.25, -0.2) is 0 Å². The Kier molecular flexibility index (Phi) is 6.20. The van der Waals surface area contributed by atoms with E-state index < -0.39 is 0 Å². The molecule has 1 aliphatic rings. The van der Waals surface area contributed by atoms with Crippen LogP contribution in [0, 0.1) is 0 Å². The van der Waals surface area contributed by atoms with Crippen molar-refractivity contribution in [3.63, 3.8) is 0 Å². The predicted octanol–water partition coefficient (Wildman–Crippen LogP) is 4.83. The first kappa shape index (κ1) is 16.0. The molecule has 0 N–H and O–H groups in total. The van der Waals surface area contributed by atoms with Crippen LogP contribution >= 0.6 is 0 Å². The lowest BCUT2D eigenvalue weighted by Crippen LogP contribution is -2.41. The summed E-state index contributed by atoms with van der Waals surface area (Å²) in [6, 6.07) is 0. The van der Waals surface area contributed by atoms with E-state index in [1.54, 1.807) is 0 Å². The molecule has 18 heavy (non-hydrogen) atoms. The van der Waals surface area contributed by atoms with E-state index in [9.17, 15) is 0 Å². The highest BCUT2D eigenvalue weighted by molar-refractivity contribution is 6.45. The summed E-state index contributed by atoms with van der Waals surface area (Å²) in [6.45, 7) is 10.8. The van der Waals surface area contributed by atoms with E-state index in [1.165, 1.54) is 44.9 Å². The highest BCUT2D eigenvalue weighted by atomic mass is 16.7. The van der Waals surface area contributed by atoms with Crippen molar-refractivity contribution < 1.29 is 9.31 Å². The fraction of sp³-hybridized carbons (Fsp3) is 1.00. The van der Waals surface area contributed by atoms with Crippen LogP contribution in [0.4, 0.5) is 0 Å². The van der Waals surface area contributed by atoms with Gasteiger partial charge >= 0.3 is 7.12 Å². The molecule has 0 radical (unpaired) electrons. The van der Waals surface area contributed by atoms with Crippen LogP contribution in [0.3, 0.4) is 0 Å². The average molecular weight is 254 g/mol. The van der Waals surface area contributed by atoms with Crippen molar-refractivity contribution in [3.8, 4) is 0 Å². The van der Waals surface area contributed by atoms with E-state index in [1.807, 2.05) is 0 Å². The van der Waals surface area contributed by atoms with E-state index in [2.05, 4.69) is 34.6 Å².